The predicted molar refractivity (Wildman–Crippen MR) is 125 cm³/mol. The zero-order chi connectivity index (χ0) is 23.7. The van der Waals surface area contributed by atoms with E-state index in [0.29, 0.717) is 11.4 Å². The largest absolute Gasteiger partial charge is 0.506 e. The summed E-state index contributed by atoms with van der Waals surface area (Å²) in [6.07, 6.45) is 0. The molecule has 0 spiro atoms. The summed E-state index contributed by atoms with van der Waals surface area (Å²) in [7, 11) is 0. The first-order valence-electron chi connectivity index (χ1n) is 10.2. The predicted octanol–water partition coefficient (Wildman–Crippen LogP) is 5.58. The fourth-order valence-electron chi connectivity index (χ4n) is 3.39. The van der Waals surface area contributed by atoms with Gasteiger partial charge in [-0.2, -0.15) is 0 Å². The van der Waals surface area contributed by atoms with Crippen LogP contribution < -0.4 is 5.56 Å². The Balaban J connectivity index is 1.67. The number of aromatic amines is 1. The normalized spacial score (nSPS) is 11.2. The van der Waals surface area contributed by atoms with Crippen molar-refractivity contribution in [3.63, 3.8) is 0 Å². The highest BCUT2D eigenvalue weighted by atomic mass is 16.4. The summed E-state index contributed by atoms with van der Waals surface area (Å²) >= 11 is 0. The van der Waals surface area contributed by atoms with E-state index < -0.39 is 5.97 Å². The van der Waals surface area contributed by atoms with E-state index in [9.17, 15) is 14.7 Å². The van der Waals surface area contributed by atoms with Crippen LogP contribution in [-0.2, 0) is 0 Å². The minimum atomic E-state index is -1.00. The smallest absolute Gasteiger partial charge is 0.335 e. The van der Waals surface area contributed by atoms with Crippen LogP contribution in [-0.4, -0.2) is 26.0 Å². The zero-order valence-corrected chi connectivity index (χ0v) is 18.3. The van der Waals surface area contributed by atoms with Gasteiger partial charge in [-0.3, -0.25) is 9.89 Å². The number of carboxylic acids is 1. The van der Waals surface area contributed by atoms with Crippen molar-refractivity contribution >= 4 is 17.3 Å². The molecule has 0 bridgehead atoms. The van der Waals surface area contributed by atoms with E-state index in [0.717, 1.165) is 22.3 Å². The number of aromatic nitrogens is 2. The fourth-order valence-corrected chi connectivity index (χ4v) is 3.39. The van der Waals surface area contributed by atoms with Crippen molar-refractivity contribution in [3.8, 4) is 22.6 Å². The summed E-state index contributed by atoms with van der Waals surface area (Å²) in [4.78, 5) is 24.0. The van der Waals surface area contributed by atoms with Crippen molar-refractivity contribution < 1.29 is 15.0 Å². The van der Waals surface area contributed by atoms with Gasteiger partial charge in [-0.1, -0.05) is 24.3 Å². The van der Waals surface area contributed by atoms with E-state index in [1.54, 1.807) is 31.2 Å². The summed E-state index contributed by atoms with van der Waals surface area (Å²) in [6, 6.07) is 16.9. The van der Waals surface area contributed by atoms with E-state index >= 15 is 0 Å². The van der Waals surface area contributed by atoms with Crippen LogP contribution in [0.1, 0.15) is 27.2 Å². The summed E-state index contributed by atoms with van der Waals surface area (Å²) in [5, 5.41) is 30.5. The Bertz CT molecular complexity index is 1450. The average molecular weight is 442 g/mol. The molecule has 1 heterocycles. The molecular weight excluding hydrogens is 420 g/mol. The standard InChI is InChI=1S/C25H22N4O4/c1-14-4-10-20(12-15(14)2)29-24(31)23(16(3)28-29)27-26-21-13-19(9-11-22(21)30)17-5-7-18(8-6-17)25(32)33/h4-13,28,30H,1-3H3,(H,32,33). The molecule has 4 aromatic rings. The second kappa shape index (κ2) is 8.58. The monoisotopic (exact) mass is 442 g/mol. The lowest BCUT2D eigenvalue weighted by Gasteiger charge is -2.05. The second-order valence-corrected chi connectivity index (χ2v) is 7.78. The van der Waals surface area contributed by atoms with Crippen LogP contribution in [0, 0.1) is 20.8 Å². The highest BCUT2D eigenvalue weighted by Gasteiger charge is 2.13. The average Bonchev–Trinajstić information content (AvgIpc) is 3.08. The van der Waals surface area contributed by atoms with E-state index in [-0.39, 0.29) is 28.2 Å². The van der Waals surface area contributed by atoms with Gasteiger partial charge in [-0.15, -0.1) is 10.2 Å². The van der Waals surface area contributed by atoms with Gasteiger partial charge < -0.3 is 10.2 Å². The highest BCUT2D eigenvalue weighted by Crippen LogP contribution is 2.33. The number of nitrogens with one attached hydrogen (secondary N) is 1. The van der Waals surface area contributed by atoms with E-state index in [1.165, 1.54) is 22.9 Å². The van der Waals surface area contributed by atoms with Crippen LogP contribution in [0.3, 0.4) is 0 Å². The van der Waals surface area contributed by atoms with Gasteiger partial charge in [0, 0.05) is 0 Å². The van der Waals surface area contributed by atoms with E-state index in [4.69, 9.17) is 5.11 Å². The number of H-pyrrole nitrogens is 1. The van der Waals surface area contributed by atoms with Crippen molar-refractivity contribution in [2.75, 3.05) is 0 Å². The number of aromatic hydroxyl groups is 1. The molecule has 0 saturated heterocycles. The molecule has 0 radical (unpaired) electrons. The van der Waals surface area contributed by atoms with Crippen LogP contribution in [0.4, 0.5) is 11.4 Å². The van der Waals surface area contributed by atoms with Crippen LogP contribution in [0.25, 0.3) is 16.8 Å². The number of nitrogens with zero attached hydrogens (tertiary/aromatic N) is 3. The van der Waals surface area contributed by atoms with Crippen LogP contribution in [0.2, 0.25) is 0 Å². The quantitative estimate of drug-likeness (QED) is 0.350. The Morgan fingerprint density at radius 1 is 0.879 bits per heavy atom. The van der Waals surface area contributed by atoms with Gasteiger partial charge in [0.05, 0.1) is 16.9 Å². The molecule has 0 aliphatic heterocycles. The number of phenolic OH excluding ortho intramolecular Hbond substituents is 1. The minimum Gasteiger partial charge on any atom is -0.506 e. The Morgan fingerprint density at radius 3 is 2.24 bits per heavy atom. The Hall–Kier alpha value is -4.46. The first-order valence-corrected chi connectivity index (χ1v) is 10.2. The number of aromatic carboxylic acids is 1. The molecule has 3 N–H and O–H groups in total. The maximum absolute atomic E-state index is 12.9. The SMILES string of the molecule is Cc1ccc(-n2[nH]c(C)c(N=Nc3cc(-c4ccc(C(=O)O)cc4)ccc3O)c2=O)cc1C. The Labute approximate surface area is 189 Å². The molecule has 0 amide bonds. The number of azo groups is 1. The third kappa shape index (κ3) is 4.31. The van der Waals surface area contributed by atoms with Crippen molar-refractivity contribution in [2.45, 2.75) is 20.8 Å². The van der Waals surface area contributed by atoms with Gasteiger partial charge in [-0.05, 0) is 79.4 Å². The molecule has 33 heavy (non-hydrogen) atoms. The van der Waals surface area contributed by atoms with Crippen molar-refractivity contribution in [3.05, 3.63) is 93.4 Å². The summed E-state index contributed by atoms with van der Waals surface area (Å²) in [5.74, 6) is -1.09. The lowest BCUT2D eigenvalue weighted by molar-refractivity contribution is 0.0697. The third-order valence-electron chi connectivity index (χ3n) is 5.49. The maximum atomic E-state index is 12.9. The fraction of sp³-hybridized carbons (Fsp3) is 0.120. The molecular formula is C25H22N4O4. The topological polar surface area (TPSA) is 120 Å². The molecule has 166 valence electrons. The second-order valence-electron chi connectivity index (χ2n) is 7.78. The molecule has 0 aliphatic rings. The Kier molecular flexibility index (Phi) is 5.66. The molecule has 1 aromatic heterocycles. The lowest BCUT2D eigenvalue weighted by Crippen LogP contribution is -2.14. The first kappa shape index (κ1) is 21.8. The molecule has 0 aliphatic carbocycles. The minimum absolute atomic E-state index is 0.0904. The first-order chi connectivity index (χ1) is 15.7. The van der Waals surface area contributed by atoms with Gasteiger partial charge in [0.1, 0.15) is 11.4 Å². The number of rotatable bonds is 5. The summed E-state index contributed by atoms with van der Waals surface area (Å²) < 4.78 is 1.41. The van der Waals surface area contributed by atoms with Crippen molar-refractivity contribution in [1.82, 2.24) is 9.78 Å². The molecule has 0 saturated carbocycles. The molecule has 0 fully saturated rings. The van der Waals surface area contributed by atoms with Gasteiger partial charge >= 0.3 is 5.97 Å². The summed E-state index contributed by atoms with van der Waals surface area (Å²) in [6.45, 7) is 5.71. The molecule has 8 nitrogen and oxygen atoms in total. The number of hydrogen-bond acceptors (Lipinski definition) is 5. The lowest BCUT2D eigenvalue weighted by atomic mass is 10.0. The molecule has 8 heteroatoms. The number of carbonyl (C=O) groups is 1. The van der Waals surface area contributed by atoms with E-state index in [2.05, 4.69) is 15.3 Å². The van der Waals surface area contributed by atoms with Gasteiger partial charge in [0.25, 0.3) is 5.56 Å². The van der Waals surface area contributed by atoms with Crippen molar-refractivity contribution in [1.29, 1.82) is 0 Å². The van der Waals surface area contributed by atoms with Crippen LogP contribution >= 0.6 is 0 Å². The molecule has 0 unspecified atom stereocenters. The number of carboxylic acid groups (broad SMARTS) is 1. The number of phenols is 1. The molecule has 3 aromatic carbocycles. The van der Waals surface area contributed by atoms with Gasteiger partial charge in [-0.25, -0.2) is 9.48 Å². The third-order valence-corrected chi connectivity index (χ3v) is 5.49. The van der Waals surface area contributed by atoms with Gasteiger partial charge in [0.2, 0.25) is 0 Å². The van der Waals surface area contributed by atoms with Crippen molar-refractivity contribution in [2.24, 2.45) is 10.2 Å². The van der Waals surface area contributed by atoms with Gasteiger partial charge in [0.15, 0.2) is 5.69 Å². The number of aryl methyl sites for hydroxylation is 3. The van der Waals surface area contributed by atoms with Crippen LogP contribution in [0.15, 0.2) is 75.7 Å². The van der Waals surface area contributed by atoms with Crippen LogP contribution in [0.5, 0.6) is 5.75 Å². The molecule has 0 atom stereocenters. The molecule has 4 rings (SSSR count). The number of hydrogen-bond donors (Lipinski definition) is 3. The Morgan fingerprint density at radius 2 is 1.58 bits per heavy atom. The summed E-state index contributed by atoms with van der Waals surface area (Å²) in [5.41, 5.74) is 5.07. The van der Waals surface area contributed by atoms with E-state index in [1.807, 2.05) is 32.0 Å². The maximum Gasteiger partial charge on any atom is 0.335 e. The number of benzene rings is 3. The zero-order valence-electron chi connectivity index (χ0n) is 18.3. The highest BCUT2D eigenvalue weighted by molar-refractivity contribution is 5.88.